The Bertz CT molecular complexity index is 897. The van der Waals surface area contributed by atoms with Gasteiger partial charge in [-0.05, 0) is 37.1 Å². The number of hydrogen-bond acceptors (Lipinski definition) is 6. The smallest absolute Gasteiger partial charge is 0.311 e. The van der Waals surface area contributed by atoms with Gasteiger partial charge in [-0.15, -0.1) is 0 Å². The molecule has 210 valence electrons. The third-order valence-corrected chi connectivity index (χ3v) is 6.67. The first-order chi connectivity index (χ1) is 18.6. The molecule has 0 spiro atoms. The van der Waals surface area contributed by atoms with Crippen molar-refractivity contribution in [3.8, 4) is 22.9 Å². The molecule has 0 atom stereocenters. The van der Waals surface area contributed by atoms with Gasteiger partial charge >= 0.3 is 11.9 Å². The van der Waals surface area contributed by atoms with Gasteiger partial charge in [-0.2, -0.15) is 0 Å². The van der Waals surface area contributed by atoms with E-state index in [4.69, 9.17) is 9.47 Å². The van der Waals surface area contributed by atoms with Gasteiger partial charge in [-0.1, -0.05) is 104 Å². The molecule has 1 aromatic heterocycles. The minimum atomic E-state index is -0.244. The molecule has 2 rings (SSSR count). The summed E-state index contributed by atoms with van der Waals surface area (Å²) in [6, 6.07) is 7.14. The van der Waals surface area contributed by atoms with Crippen molar-refractivity contribution in [1.82, 2.24) is 9.97 Å². The van der Waals surface area contributed by atoms with E-state index >= 15 is 0 Å². The van der Waals surface area contributed by atoms with Crippen molar-refractivity contribution in [3.63, 3.8) is 0 Å². The number of carbonyl (C=O) groups excluding carboxylic acids is 2. The zero-order chi connectivity index (χ0) is 27.3. The minimum absolute atomic E-state index is 0.198. The Hall–Kier alpha value is -2.76. The standard InChI is InChI=1S/C32H48N2O4/c1-3-5-7-9-11-12-14-16-18-20-31(36)38-29-25-33-32(34-26-29)27-21-23-28(24-22-27)37-30(35)19-17-15-13-10-8-6-4-2/h21-26H,3-20H2,1-2H3. The fraction of sp³-hybridized carbons (Fsp3) is 0.625. The molecule has 2 aromatic rings. The molecule has 0 bridgehead atoms. The van der Waals surface area contributed by atoms with Gasteiger partial charge in [0.15, 0.2) is 11.6 Å². The van der Waals surface area contributed by atoms with Crippen molar-refractivity contribution in [2.45, 2.75) is 129 Å². The van der Waals surface area contributed by atoms with Gasteiger partial charge in [0.1, 0.15) is 5.75 Å². The van der Waals surface area contributed by atoms with Crippen molar-refractivity contribution in [2.24, 2.45) is 0 Å². The lowest BCUT2D eigenvalue weighted by molar-refractivity contribution is -0.135. The van der Waals surface area contributed by atoms with E-state index in [-0.39, 0.29) is 11.9 Å². The van der Waals surface area contributed by atoms with Crippen LogP contribution in [0.5, 0.6) is 11.5 Å². The van der Waals surface area contributed by atoms with Crippen LogP contribution in [0.1, 0.15) is 129 Å². The number of rotatable bonds is 21. The van der Waals surface area contributed by atoms with Crippen LogP contribution in [0.15, 0.2) is 36.7 Å². The van der Waals surface area contributed by atoms with E-state index in [0.29, 0.717) is 30.2 Å². The van der Waals surface area contributed by atoms with Crippen LogP contribution in [-0.4, -0.2) is 21.9 Å². The van der Waals surface area contributed by atoms with Crippen molar-refractivity contribution in [2.75, 3.05) is 0 Å². The van der Waals surface area contributed by atoms with Gasteiger partial charge in [0.25, 0.3) is 0 Å². The molecule has 0 unspecified atom stereocenters. The van der Waals surface area contributed by atoms with Crippen molar-refractivity contribution >= 4 is 11.9 Å². The summed E-state index contributed by atoms with van der Waals surface area (Å²) in [5.74, 6) is 0.946. The van der Waals surface area contributed by atoms with E-state index in [1.165, 1.54) is 89.4 Å². The fourth-order valence-corrected chi connectivity index (χ4v) is 4.36. The first-order valence-electron chi connectivity index (χ1n) is 15.0. The Balaban J connectivity index is 1.63. The summed E-state index contributed by atoms with van der Waals surface area (Å²) in [6.07, 6.45) is 23.0. The Labute approximate surface area is 230 Å². The third kappa shape index (κ3) is 14.3. The average Bonchev–Trinajstić information content (AvgIpc) is 2.92. The van der Waals surface area contributed by atoms with Crippen LogP contribution in [0.25, 0.3) is 11.4 Å². The summed E-state index contributed by atoms with van der Waals surface area (Å²) < 4.78 is 10.8. The normalized spacial score (nSPS) is 10.9. The maximum Gasteiger partial charge on any atom is 0.311 e. The summed E-state index contributed by atoms with van der Waals surface area (Å²) in [7, 11) is 0. The molecule has 0 saturated heterocycles. The number of carbonyl (C=O) groups is 2. The zero-order valence-corrected chi connectivity index (χ0v) is 23.7. The molecule has 0 aliphatic rings. The van der Waals surface area contributed by atoms with Crippen LogP contribution in [0.3, 0.4) is 0 Å². The van der Waals surface area contributed by atoms with Crippen LogP contribution in [-0.2, 0) is 9.59 Å². The quantitative estimate of drug-likeness (QED) is 0.0921. The Morgan fingerprint density at radius 1 is 0.553 bits per heavy atom. The molecule has 1 heterocycles. The van der Waals surface area contributed by atoms with Gasteiger partial charge in [-0.25, -0.2) is 9.97 Å². The summed E-state index contributed by atoms with van der Waals surface area (Å²) in [6.45, 7) is 4.45. The molecular formula is C32H48N2O4. The molecule has 0 aliphatic heterocycles. The molecule has 0 aliphatic carbocycles. The molecule has 1 aromatic carbocycles. The van der Waals surface area contributed by atoms with Crippen molar-refractivity contribution < 1.29 is 19.1 Å². The first-order valence-corrected chi connectivity index (χ1v) is 15.0. The van der Waals surface area contributed by atoms with Crippen LogP contribution >= 0.6 is 0 Å². The van der Waals surface area contributed by atoms with E-state index < -0.39 is 0 Å². The highest BCUT2D eigenvalue weighted by atomic mass is 16.5. The van der Waals surface area contributed by atoms with E-state index in [1.54, 1.807) is 12.1 Å². The number of benzene rings is 1. The topological polar surface area (TPSA) is 78.4 Å². The number of nitrogens with zero attached hydrogens (tertiary/aromatic N) is 2. The molecule has 0 N–H and O–H groups in total. The summed E-state index contributed by atoms with van der Waals surface area (Å²) in [4.78, 5) is 32.9. The Morgan fingerprint density at radius 2 is 0.947 bits per heavy atom. The fourth-order valence-electron chi connectivity index (χ4n) is 4.36. The predicted octanol–water partition coefficient (Wildman–Crippen LogP) is 9.02. The second-order valence-corrected chi connectivity index (χ2v) is 10.2. The molecule has 38 heavy (non-hydrogen) atoms. The summed E-state index contributed by atoms with van der Waals surface area (Å²) >= 11 is 0. The second kappa shape index (κ2) is 20.2. The van der Waals surface area contributed by atoms with Gasteiger partial charge in [0, 0.05) is 18.4 Å². The number of aromatic nitrogens is 2. The van der Waals surface area contributed by atoms with E-state index in [2.05, 4.69) is 23.8 Å². The summed E-state index contributed by atoms with van der Waals surface area (Å²) in [5.41, 5.74) is 0.796. The monoisotopic (exact) mass is 524 g/mol. The highest BCUT2D eigenvalue weighted by molar-refractivity contribution is 5.73. The summed E-state index contributed by atoms with van der Waals surface area (Å²) in [5, 5.41) is 0. The van der Waals surface area contributed by atoms with Crippen molar-refractivity contribution in [3.05, 3.63) is 36.7 Å². The van der Waals surface area contributed by atoms with Crippen LogP contribution in [0, 0.1) is 0 Å². The zero-order valence-electron chi connectivity index (χ0n) is 23.7. The van der Waals surface area contributed by atoms with Gasteiger partial charge < -0.3 is 9.47 Å². The molecule has 0 amide bonds. The van der Waals surface area contributed by atoms with Crippen molar-refractivity contribution in [1.29, 1.82) is 0 Å². The first kappa shape index (κ1) is 31.5. The largest absolute Gasteiger partial charge is 0.427 e. The number of esters is 2. The lowest BCUT2D eigenvalue weighted by atomic mass is 10.1. The average molecular weight is 525 g/mol. The predicted molar refractivity (Wildman–Crippen MR) is 153 cm³/mol. The van der Waals surface area contributed by atoms with Crippen LogP contribution in [0.4, 0.5) is 0 Å². The highest BCUT2D eigenvalue weighted by Gasteiger charge is 2.09. The van der Waals surface area contributed by atoms with Crippen LogP contribution in [0.2, 0.25) is 0 Å². The lowest BCUT2D eigenvalue weighted by Crippen LogP contribution is -2.08. The Morgan fingerprint density at radius 3 is 1.39 bits per heavy atom. The van der Waals surface area contributed by atoms with Gasteiger partial charge in [-0.3, -0.25) is 9.59 Å². The maximum absolute atomic E-state index is 12.1. The number of hydrogen-bond donors (Lipinski definition) is 0. The molecule has 6 nitrogen and oxygen atoms in total. The molecular weight excluding hydrogens is 476 g/mol. The third-order valence-electron chi connectivity index (χ3n) is 6.67. The van der Waals surface area contributed by atoms with Crippen LogP contribution < -0.4 is 9.47 Å². The highest BCUT2D eigenvalue weighted by Crippen LogP contribution is 2.21. The molecule has 0 saturated carbocycles. The van der Waals surface area contributed by atoms with E-state index in [0.717, 1.165) is 31.2 Å². The number of ether oxygens (including phenoxy) is 2. The SMILES string of the molecule is CCCCCCCCCCCC(=O)Oc1cnc(-c2ccc(OC(=O)CCCCCCCCC)cc2)nc1. The maximum atomic E-state index is 12.1. The molecule has 6 heteroatoms. The molecule has 0 radical (unpaired) electrons. The second-order valence-electron chi connectivity index (χ2n) is 10.2. The van der Waals surface area contributed by atoms with Gasteiger partial charge in [0.05, 0.1) is 12.4 Å². The van der Waals surface area contributed by atoms with E-state index in [1.807, 2.05) is 12.1 Å². The number of unbranched alkanes of at least 4 members (excludes halogenated alkanes) is 14. The Kier molecular flexibility index (Phi) is 16.8. The van der Waals surface area contributed by atoms with E-state index in [9.17, 15) is 9.59 Å². The lowest BCUT2D eigenvalue weighted by Gasteiger charge is -2.07. The molecule has 0 fully saturated rings. The van der Waals surface area contributed by atoms with Gasteiger partial charge in [0.2, 0.25) is 0 Å². The minimum Gasteiger partial charge on any atom is -0.427 e.